The van der Waals surface area contributed by atoms with Gasteiger partial charge in [0.1, 0.15) is 5.69 Å². The Labute approximate surface area is 152 Å². The summed E-state index contributed by atoms with van der Waals surface area (Å²) in [5, 5.41) is 6.28. The number of aromatic amines is 1. The van der Waals surface area contributed by atoms with Crippen molar-refractivity contribution in [3.63, 3.8) is 0 Å². The number of hydrogen-bond acceptors (Lipinski definition) is 6. The van der Waals surface area contributed by atoms with E-state index in [-0.39, 0.29) is 27.1 Å². The monoisotopic (exact) mass is 396 g/mol. The van der Waals surface area contributed by atoms with E-state index in [1.165, 1.54) is 24.4 Å². The number of alkyl halides is 2. The van der Waals surface area contributed by atoms with Crippen LogP contribution in [0.3, 0.4) is 0 Å². The van der Waals surface area contributed by atoms with Crippen molar-refractivity contribution in [3.8, 4) is 17.0 Å². The normalized spacial score (nSPS) is 11.9. The zero-order chi connectivity index (χ0) is 19.9. The van der Waals surface area contributed by atoms with Crippen molar-refractivity contribution in [2.45, 2.75) is 18.4 Å². The number of halogens is 2. The molecule has 11 heteroatoms. The molecule has 8 nitrogen and oxygen atoms in total. The van der Waals surface area contributed by atoms with E-state index in [0.29, 0.717) is 11.1 Å². The highest BCUT2D eigenvalue weighted by Crippen LogP contribution is 2.37. The van der Waals surface area contributed by atoms with Gasteiger partial charge in [0.05, 0.1) is 22.0 Å². The number of amides is 1. The van der Waals surface area contributed by atoms with Crippen molar-refractivity contribution >= 4 is 26.6 Å². The van der Waals surface area contributed by atoms with Gasteiger partial charge in [0, 0.05) is 11.8 Å². The number of nitrogens with zero attached hydrogens (tertiary/aromatic N) is 2. The molecule has 0 radical (unpaired) electrons. The number of primary amides is 1. The number of nitrogens with two attached hydrogens (primary N) is 1. The summed E-state index contributed by atoms with van der Waals surface area (Å²) in [7, 11) is -3.46. The Kier molecular flexibility index (Phi) is 4.56. The lowest BCUT2D eigenvalue weighted by Gasteiger charge is -2.12. The minimum absolute atomic E-state index is 0.0885. The Morgan fingerprint density at radius 3 is 2.59 bits per heavy atom. The largest absolute Gasteiger partial charge is 0.415 e. The van der Waals surface area contributed by atoms with Crippen LogP contribution < -0.4 is 10.5 Å². The number of carbonyl (C=O) groups is 1. The van der Waals surface area contributed by atoms with Gasteiger partial charge in [-0.05, 0) is 24.1 Å². The molecule has 1 aromatic carbocycles. The molecule has 0 aliphatic heterocycles. The molecule has 0 saturated carbocycles. The Balaban J connectivity index is 2.35. The molecule has 0 fully saturated rings. The van der Waals surface area contributed by atoms with E-state index in [1.807, 2.05) is 0 Å². The van der Waals surface area contributed by atoms with E-state index in [9.17, 15) is 22.0 Å². The smallest absolute Gasteiger partial charge is 0.388 e. The Hall–Kier alpha value is -3.08. The molecule has 142 valence electrons. The predicted octanol–water partition coefficient (Wildman–Crippen LogP) is 2.04. The third kappa shape index (κ3) is 3.45. The van der Waals surface area contributed by atoms with Crippen molar-refractivity contribution < 1.29 is 26.7 Å². The summed E-state index contributed by atoms with van der Waals surface area (Å²) in [6.07, 6.45) is 2.29. The van der Waals surface area contributed by atoms with Crippen LogP contribution in [-0.2, 0) is 9.84 Å². The van der Waals surface area contributed by atoms with Gasteiger partial charge in [-0.15, -0.1) is 5.10 Å². The number of carbonyl (C=O) groups excluding carboxylic acids is 1. The zero-order valence-corrected chi connectivity index (χ0v) is 15.0. The lowest BCUT2D eigenvalue weighted by molar-refractivity contribution is -0.0518. The van der Waals surface area contributed by atoms with Gasteiger partial charge < -0.3 is 10.5 Å². The Morgan fingerprint density at radius 1 is 1.33 bits per heavy atom. The first-order valence-corrected chi connectivity index (χ1v) is 9.41. The van der Waals surface area contributed by atoms with Gasteiger partial charge in [0.25, 0.3) is 5.91 Å². The first kappa shape index (κ1) is 18.7. The number of sulfone groups is 1. The number of pyridine rings is 1. The first-order chi connectivity index (χ1) is 12.6. The summed E-state index contributed by atoms with van der Waals surface area (Å²) in [6, 6.07) is 4.29. The van der Waals surface area contributed by atoms with E-state index in [2.05, 4.69) is 19.9 Å². The third-order valence-electron chi connectivity index (χ3n) is 3.87. The molecule has 1 amide bonds. The SMILES string of the molecule is Cc1cc(-c2c(C(N)=O)ncc3[nH]nc(OC(F)F)c23)ccc1S(C)(=O)=O. The van der Waals surface area contributed by atoms with Gasteiger partial charge in [0.15, 0.2) is 9.84 Å². The number of rotatable bonds is 5. The number of hydrogen-bond donors (Lipinski definition) is 2. The standard InChI is InChI=1S/C16H14F2N4O4S/c1-7-5-8(3-4-10(7)27(2,24)25)11-12-9(6-20-13(11)14(19)23)21-22-15(12)26-16(17)18/h3-6,16H,1-2H3,(H2,19,23)(H,21,22). The summed E-state index contributed by atoms with van der Waals surface area (Å²) < 4.78 is 53.5. The molecule has 0 atom stereocenters. The topological polar surface area (TPSA) is 128 Å². The molecule has 3 aromatic rings. The second-order valence-corrected chi connectivity index (χ2v) is 7.78. The third-order valence-corrected chi connectivity index (χ3v) is 5.12. The van der Waals surface area contributed by atoms with Crippen LogP contribution in [0, 0.1) is 6.92 Å². The molecule has 0 spiro atoms. The van der Waals surface area contributed by atoms with Crippen LogP contribution in [0.4, 0.5) is 8.78 Å². The van der Waals surface area contributed by atoms with Crippen molar-refractivity contribution in [3.05, 3.63) is 35.7 Å². The van der Waals surface area contributed by atoms with Crippen LogP contribution >= 0.6 is 0 Å². The fourth-order valence-corrected chi connectivity index (χ4v) is 3.80. The van der Waals surface area contributed by atoms with Crippen LogP contribution in [0.5, 0.6) is 5.88 Å². The van der Waals surface area contributed by atoms with E-state index in [4.69, 9.17) is 5.73 Å². The molecular formula is C16H14F2N4O4S. The Bertz CT molecular complexity index is 1160. The number of aromatic nitrogens is 3. The summed E-state index contributed by atoms with van der Waals surface area (Å²) in [5.41, 5.74) is 6.32. The van der Waals surface area contributed by atoms with Crippen LogP contribution in [0.15, 0.2) is 29.3 Å². The quantitative estimate of drug-likeness (QED) is 0.679. The fourth-order valence-electron chi connectivity index (χ4n) is 2.84. The number of benzene rings is 1. The van der Waals surface area contributed by atoms with E-state index in [0.717, 1.165) is 6.26 Å². The fraction of sp³-hybridized carbons (Fsp3) is 0.188. The summed E-state index contributed by atoms with van der Waals surface area (Å²) in [4.78, 5) is 15.9. The molecule has 0 unspecified atom stereocenters. The van der Waals surface area contributed by atoms with Crippen LogP contribution in [-0.4, -0.2) is 42.4 Å². The average molecular weight is 396 g/mol. The molecule has 2 aromatic heterocycles. The molecule has 0 aliphatic carbocycles. The predicted molar refractivity (Wildman–Crippen MR) is 92.3 cm³/mol. The highest BCUT2D eigenvalue weighted by atomic mass is 32.2. The highest BCUT2D eigenvalue weighted by molar-refractivity contribution is 7.90. The maximum Gasteiger partial charge on any atom is 0.388 e. The van der Waals surface area contributed by atoms with Gasteiger partial charge in [-0.3, -0.25) is 9.89 Å². The van der Waals surface area contributed by atoms with Gasteiger partial charge >= 0.3 is 6.61 Å². The molecule has 2 heterocycles. The number of fused-ring (bicyclic) bond motifs is 1. The number of ether oxygens (including phenoxy) is 1. The minimum atomic E-state index is -3.46. The molecule has 0 bridgehead atoms. The maximum atomic E-state index is 12.7. The molecule has 3 N–H and O–H groups in total. The van der Waals surface area contributed by atoms with Gasteiger partial charge in [-0.1, -0.05) is 12.1 Å². The van der Waals surface area contributed by atoms with E-state index >= 15 is 0 Å². The first-order valence-electron chi connectivity index (χ1n) is 7.52. The lowest BCUT2D eigenvalue weighted by atomic mass is 9.98. The second-order valence-electron chi connectivity index (χ2n) is 5.79. The van der Waals surface area contributed by atoms with E-state index in [1.54, 1.807) is 6.92 Å². The van der Waals surface area contributed by atoms with Crippen molar-refractivity contribution in [1.82, 2.24) is 15.2 Å². The average Bonchev–Trinajstić information content (AvgIpc) is 2.95. The summed E-state index contributed by atoms with van der Waals surface area (Å²) in [5.74, 6) is -1.31. The van der Waals surface area contributed by atoms with Crippen LogP contribution in [0.1, 0.15) is 16.1 Å². The number of nitrogens with one attached hydrogen (secondary N) is 1. The van der Waals surface area contributed by atoms with Crippen LogP contribution in [0.25, 0.3) is 22.0 Å². The maximum absolute atomic E-state index is 12.7. The summed E-state index contributed by atoms with van der Waals surface area (Å²) >= 11 is 0. The molecular weight excluding hydrogens is 382 g/mol. The molecule has 0 saturated heterocycles. The van der Waals surface area contributed by atoms with Gasteiger partial charge in [-0.2, -0.15) is 8.78 Å². The number of aryl methyl sites for hydroxylation is 1. The van der Waals surface area contributed by atoms with Gasteiger partial charge in [0.2, 0.25) is 5.88 Å². The minimum Gasteiger partial charge on any atom is -0.415 e. The lowest BCUT2D eigenvalue weighted by Crippen LogP contribution is -2.15. The number of H-pyrrole nitrogens is 1. The zero-order valence-electron chi connectivity index (χ0n) is 14.2. The Morgan fingerprint density at radius 2 is 2.04 bits per heavy atom. The van der Waals surface area contributed by atoms with Crippen LogP contribution in [0.2, 0.25) is 0 Å². The van der Waals surface area contributed by atoms with Crippen molar-refractivity contribution in [2.75, 3.05) is 6.26 Å². The highest BCUT2D eigenvalue weighted by Gasteiger charge is 2.23. The van der Waals surface area contributed by atoms with E-state index < -0.39 is 28.2 Å². The summed E-state index contributed by atoms with van der Waals surface area (Å²) in [6.45, 7) is -1.56. The van der Waals surface area contributed by atoms with Crippen molar-refractivity contribution in [1.29, 1.82) is 0 Å². The van der Waals surface area contributed by atoms with Crippen molar-refractivity contribution in [2.24, 2.45) is 5.73 Å². The second kappa shape index (κ2) is 6.58. The molecule has 3 rings (SSSR count). The molecule has 0 aliphatic rings. The molecule has 27 heavy (non-hydrogen) atoms. The van der Waals surface area contributed by atoms with Gasteiger partial charge in [-0.25, -0.2) is 13.4 Å².